The van der Waals surface area contributed by atoms with Crippen LogP contribution in [-0.2, 0) is 39.2 Å². The quantitative estimate of drug-likeness (QED) is 0.197. The summed E-state index contributed by atoms with van der Waals surface area (Å²) in [6, 6.07) is 9.46. The molecule has 0 aliphatic carbocycles. The van der Waals surface area contributed by atoms with Gasteiger partial charge in [-0.1, -0.05) is 62.9 Å². The molecule has 2 saturated heterocycles. The standard InChI is InChI=1S/C29H40N5O8PS/c1-7-27(2,3)26(36)44-14-13-38-43(37,33-15-19-11-9-8-10-12-19)39-16-20-22-29(6,42-28(4,5)41-22)25(40-20)34-18-32-21-23(34)30-17-31-24(21)35/h8-12,17-18,20,22,25H,7,13-16H2,1-6H3,(H,33,37)(H,30,31,35)/t20-,22?,25?,29+,43?/m1/s1. The first-order valence-electron chi connectivity index (χ1n) is 14.6. The summed E-state index contributed by atoms with van der Waals surface area (Å²) in [4.78, 5) is 35.9. The van der Waals surface area contributed by atoms with E-state index in [9.17, 15) is 14.2 Å². The van der Waals surface area contributed by atoms with Crippen molar-refractivity contribution in [3.8, 4) is 0 Å². The molecule has 0 amide bonds. The van der Waals surface area contributed by atoms with Gasteiger partial charge in [-0.25, -0.2) is 19.6 Å². The highest BCUT2D eigenvalue weighted by Crippen LogP contribution is 2.53. The maximum absolute atomic E-state index is 14.0. The molecule has 0 bridgehead atoms. The Labute approximate surface area is 260 Å². The second kappa shape index (κ2) is 12.8. The van der Waals surface area contributed by atoms with Crippen LogP contribution in [0.25, 0.3) is 11.2 Å². The molecule has 0 spiro atoms. The fraction of sp³-hybridized carbons (Fsp3) is 0.586. The number of thioether (sulfide) groups is 1. The summed E-state index contributed by atoms with van der Waals surface area (Å²) in [7, 11) is -3.89. The number of H-pyrrole nitrogens is 1. The highest BCUT2D eigenvalue weighted by molar-refractivity contribution is 8.13. The zero-order valence-corrected chi connectivity index (χ0v) is 27.5. The van der Waals surface area contributed by atoms with Gasteiger partial charge in [-0.3, -0.25) is 23.2 Å². The van der Waals surface area contributed by atoms with Crippen molar-refractivity contribution in [3.05, 3.63) is 58.9 Å². The lowest BCUT2D eigenvalue weighted by Gasteiger charge is -2.30. The van der Waals surface area contributed by atoms with E-state index in [-0.39, 0.29) is 35.9 Å². The van der Waals surface area contributed by atoms with Gasteiger partial charge in [0, 0.05) is 17.7 Å². The van der Waals surface area contributed by atoms with Crippen LogP contribution >= 0.6 is 19.5 Å². The van der Waals surface area contributed by atoms with E-state index in [1.54, 1.807) is 18.4 Å². The van der Waals surface area contributed by atoms with Crippen molar-refractivity contribution in [2.75, 3.05) is 19.0 Å². The summed E-state index contributed by atoms with van der Waals surface area (Å²) < 4.78 is 46.5. The molecule has 15 heteroatoms. The fourth-order valence-corrected chi connectivity index (χ4v) is 7.58. The van der Waals surface area contributed by atoms with E-state index in [0.717, 1.165) is 17.3 Å². The minimum Gasteiger partial charge on any atom is -0.346 e. The summed E-state index contributed by atoms with van der Waals surface area (Å²) in [6.45, 7) is 11.3. The molecule has 2 fully saturated rings. The SMILES string of the molecule is CCC(C)(C)C(=O)SCCOP(=O)(NCc1ccccc1)OC[C@H]1OC(n2cnc3c(=O)[nH]cnc32)[C@@]2(C)OC(C)(C)OC12. The Bertz CT molecular complexity index is 1580. The third-order valence-corrected chi connectivity index (χ3v) is 10.7. The molecular formula is C29H40N5O8PS. The van der Waals surface area contributed by atoms with Crippen molar-refractivity contribution in [2.45, 2.75) is 84.3 Å². The van der Waals surface area contributed by atoms with Crippen molar-refractivity contribution in [3.63, 3.8) is 0 Å². The molecule has 4 heterocycles. The van der Waals surface area contributed by atoms with Crippen LogP contribution in [0.2, 0.25) is 0 Å². The lowest BCUT2D eigenvalue weighted by atomic mass is 9.92. The van der Waals surface area contributed by atoms with Gasteiger partial charge in [0.1, 0.15) is 17.8 Å². The van der Waals surface area contributed by atoms with Crippen LogP contribution in [0.3, 0.4) is 0 Å². The topological polar surface area (TPSA) is 156 Å². The monoisotopic (exact) mass is 649 g/mol. The number of aromatic amines is 1. The molecular weight excluding hydrogens is 609 g/mol. The Balaban J connectivity index is 1.33. The summed E-state index contributed by atoms with van der Waals surface area (Å²) in [6.07, 6.45) is 1.34. The number of carbonyl (C=O) groups excluding carboxylic acids is 1. The van der Waals surface area contributed by atoms with Gasteiger partial charge in [0.05, 0.1) is 25.9 Å². The van der Waals surface area contributed by atoms with Gasteiger partial charge in [-0.15, -0.1) is 0 Å². The molecule has 13 nitrogen and oxygen atoms in total. The lowest BCUT2D eigenvalue weighted by molar-refractivity contribution is -0.216. The van der Waals surface area contributed by atoms with Crippen LogP contribution in [0.5, 0.6) is 0 Å². The molecule has 5 rings (SSSR count). The fourth-order valence-electron chi connectivity index (χ4n) is 5.26. The molecule has 5 atom stereocenters. The van der Waals surface area contributed by atoms with Crippen LogP contribution in [0.4, 0.5) is 0 Å². The first-order chi connectivity index (χ1) is 20.8. The van der Waals surface area contributed by atoms with Crippen LogP contribution in [-0.4, -0.2) is 67.2 Å². The second-order valence-corrected chi connectivity index (χ2v) is 15.0. The van der Waals surface area contributed by atoms with Gasteiger partial charge < -0.3 is 19.2 Å². The van der Waals surface area contributed by atoms with Crippen LogP contribution < -0.4 is 10.6 Å². The summed E-state index contributed by atoms with van der Waals surface area (Å²) in [5, 5.41) is 2.99. The number of aromatic nitrogens is 4. The smallest absolute Gasteiger partial charge is 0.346 e. The number of hydrogen-bond acceptors (Lipinski definition) is 11. The van der Waals surface area contributed by atoms with Crippen LogP contribution in [0, 0.1) is 5.41 Å². The Morgan fingerprint density at radius 2 is 1.95 bits per heavy atom. The van der Waals surface area contributed by atoms with Gasteiger partial charge in [-0.05, 0) is 32.8 Å². The molecule has 0 radical (unpaired) electrons. The number of ether oxygens (including phenoxy) is 3. The Kier molecular flexibility index (Phi) is 9.56. The van der Waals surface area contributed by atoms with E-state index < -0.39 is 43.0 Å². The second-order valence-electron chi connectivity index (χ2n) is 12.1. The number of imidazole rings is 1. The van der Waals surface area contributed by atoms with Crippen molar-refractivity contribution >= 4 is 35.8 Å². The van der Waals surface area contributed by atoms with E-state index in [1.807, 2.05) is 58.0 Å². The number of nitrogens with zero attached hydrogens (tertiary/aromatic N) is 3. The lowest BCUT2D eigenvalue weighted by Crippen LogP contribution is -2.42. The van der Waals surface area contributed by atoms with E-state index in [2.05, 4.69) is 20.0 Å². The molecule has 3 aromatic rings. The van der Waals surface area contributed by atoms with E-state index in [1.165, 1.54) is 12.7 Å². The number of nitrogens with one attached hydrogen (secondary N) is 2. The van der Waals surface area contributed by atoms with Gasteiger partial charge in [0.25, 0.3) is 5.56 Å². The average Bonchev–Trinajstić information content (AvgIpc) is 3.60. The number of fused-ring (bicyclic) bond motifs is 2. The van der Waals surface area contributed by atoms with E-state index >= 15 is 0 Å². The zero-order chi connectivity index (χ0) is 31.8. The average molecular weight is 650 g/mol. The summed E-state index contributed by atoms with van der Waals surface area (Å²) in [5.74, 6) is -0.640. The van der Waals surface area contributed by atoms with E-state index in [0.29, 0.717) is 17.8 Å². The van der Waals surface area contributed by atoms with Gasteiger partial charge in [0.2, 0.25) is 0 Å². The summed E-state index contributed by atoms with van der Waals surface area (Å²) in [5.41, 5.74) is -0.483. The maximum atomic E-state index is 14.0. The number of benzene rings is 1. The third kappa shape index (κ3) is 6.87. The number of carbonyl (C=O) groups is 1. The molecule has 2 N–H and O–H groups in total. The predicted octanol–water partition coefficient (Wildman–Crippen LogP) is 4.55. The van der Waals surface area contributed by atoms with Crippen molar-refractivity contribution in [2.24, 2.45) is 5.41 Å². The minimum atomic E-state index is -3.89. The van der Waals surface area contributed by atoms with Crippen molar-refractivity contribution < 1.29 is 32.6 Å². The third-order valence-electron chi connectivity index (χ3n) is 7.93. The Hall–Kier alpha value is -2.42. The van der Waals surface area contributed by atoms with Crippen LogP contribution in [0.15, 0.2) is 47.8 Å². The molecule has 1 aromatic carbocycles. The summed E-state index contributed by atoms with van der Waals surface area (Å²) >= 11 is 1.15. The number of rotatable bonds is 13. The van der Waals surface area contributed by atoms with E-state index in [4.69, 9.17) is 23.3 Å². The predicted molar refractivity (Wildman–Crippen MR) is 165 cm³/mol. The molecule has 44 heavy (non-hydrogen) atoms. The first kappa shape index (κ1) is 33.0. The zero-order valence-electron chi connectivity index (χ0n) is 25.8. The van der Waals surface area contributed by atoms with Crippen LogP contribution in [0.1, 0.15) is 59.8 Å². The number of hydrogen-bond donors (Lipinski definition) is 2. The molecule has 2 aliphatic rings. The van der Waals surface area contributed by atoms with Crippen molar-refractivity contribution in [1.82, 2.24) is 24.6 Å². The molecule has 3 unspecified atom stereocenters. The van der Waals surface area contributed by atoms with Crippen molar-refractivity contribution in [1.29, 1.82) is 0 Å². The molecule has 240 valence electrons. The maximum Gasteiger partial charge on any atom is 0.405 e. The highest BCUT2D eigenvalue weighted by atomic mass is 32.2. The van der Waals surface area contributed by atoms with Gasteiger partial charge in [0.15, 0.2) is 28.3 Å². The molecule has 2 aromatic heterocycles. The Morgan fingerprint density at radius 3 is 2.68 bits per heavy atom. The van der Waals surface area contributed by atoms with Gasteiger partial charge >= 0.3 is 7.75 Å². The largest absolute Gasteiger partial charge is 0.405 e. The van der Waals surface area contributed by atoms with Gasteiger partial charge in [-0.2, -0.15) is 0 Å². The Morgan fingerprint density at radius 1 is 1.20 bits per heavy atom. The normalized spacial score (nSPS) is 26.1. The minimum absolute atomic E-state index is 0.0262. The molecule has 2 aliphatic heterocycles. The highest BCUT2D eigenvalue weighted by Gasteiger charge is 2.64. The first-order valence-corrected chi connectivity index (χ1v) is 17.1. The molecule has 0 saturated carbocycles.